The Morgan fingerprint density at radius 2 is 0.941 bits per heavy atom. The molecular weight excluding hydrogens is 204 g/mol. The van der Waals surface area contributed by atoms with E-state index in [4.69, 9.17) is 0 Å². The van der Waals surface area contributed by atoms with Crippen LogP contribution in [-0.4, -0.2) is 0 Å². The Morgan fingerprint density at radius 3 is 1.29 bits per heavy atom. The zero-order valence-electron chi connectivity index (χ0n) is 10.7. The minimum Gasteiger partial charge on any atom is -0.0620 e. The fourth-order valence-corrected chi connectivity index (χ4v) is 2.35. The molecule has 2 aromatic carbocycles. The smallest absolute Gasteiger partial charge is 0.00203 e. The van der Waals surface area contributed by atoms with Crippen molar-refractivity contribution in [1.29, 1.82) is 0 Å². The van der Waals surface area contributed by atoms with Crippen LogP contribution in [0.1, 0.15) is 36.1 Å². The summed E-state index contributed by atoms with van der Waals surface area (Å²) in [6.07, 6.45) is 3.29. The van der Waals surface area contributed by atoms with E-state index < -0.39 is 0 Å². The van der Waals surface area contributed by atoms with Gasteiger partial charge in [-0.1, -0.05) is 62.4 Å². The number of hydrogen-bond acceptors (Lipinski definition) is 0. The van der Waals surface area contributed by atoms with Crippen molar-refractivity contribution in [3.05, 3.63) is 70.8 Å². The minimum absolute atomic E-state index is 1.06. The predicted molar refractivity (Wildman–Crippen MR) is 74.4 cm³/mol. The molecule has 17 heavy (non-hydrogen) atoms. The second-order valence-corrected chi connectivity index (χ2v) is 4.42. The highest BCUT2D eigenvalue weighted by atomic mass is 14.1. The van der Waals surface area contributed by atoms with Gasteiger partial charge in [-0.15, -0.1) is 0 Å². The molecule has 0 heterocycles. The molecule has 0 unspecified atom stereocenters. The molecule has 0 saturated heterocycles. The number of aryl methyl sites for hydroxylation is 2. The van der Waals surface area contributed by atoms with Crippen molar-refractivity contribution in [2.75, 3.05) is 0 Å². The van der Waals surface area contributed by atoms with Crippen molar-refractivity contribution in [2.45, 2.75) is 33.1 Å². The van der Waals surface area contributed by atoms with Crippen molar-refractivity contribution >= 4 is 0 Å². The summed E-state index contributed by atoms with van der Waals surface area (Å²) in [6, 6.07) is 17.5. The molecule has 88 valence electrons. The van der Waals surface area contributed by atoms with Crippen LogP contribution in [0.5, 0.6) is 0 Å². The SMILES string of the molecule is CCc1ccccc1Cc1ccccc1CC. The molecule has 0 amide bonds. The Bertz CT molecular complexity index is 437. The Balaban J connectivity index is 2.31. The van der Waals surface area contributed by atoms with Crippen LogP contribution in [-0.2, 0) is 19.3 Å². The standard InChI is InChI=1S/C17H20/c1-3-14-9-5-7-11-16(14)13-17-12-8-6-10-15(17)4-2/h5-12H,3-4,13H2,1-2H3. The van der Waals surface area contributed by atoms with Gasteiger partial charge in [-0.3, -0.25) is 0 Å². The van der Waals surface area contributed by atoms with Gasteiger partial charge in [0, 0.05) is 0 Å². The van der Waals surface area contributed by atoms with Crippen LogP contribution in [0, 0.1) is 0 Å². The first-order valence-corrected chi connectivity index (χ1v) is 6.48. The first kappa shape index (κ1) is 11.9. The molecule has 0 N–H and O–H groups in total. The zero-order valence-corrected chi connectivity index (χ0v) is 10.7. The quantitative estimate of drug-likeness (QED) is 0.722. The number of benzene rings is 2. The molecule has 0 aliphatic rings. The third kappa shape index (κ3) is 2.76. The van der Waals surface area contributed by atoms with Gasteiger partial charge in [0.25, 0.3) is 0 Å². The highest BCUT2D eigenvalue weighted by molar-refractivity contribution is 5.36. The lowest BCUT2D eigenvalue weighted by atomic mass is 9.95. The summed E-state index contributed by atoms with van der Waals surface area (Å²) in [5.41, 5.74) is 5.88. The van der Waals surface area contributed by atoms with Crippen LogP contribution in [0.4, 0.5) is 0 Å². The lowest BCUT2D eigenvalue weighted by Gasteiger charge is -2.11. The van der Waals surface area contributed by atoms with Gasteiger partial charge in [-0.2, -0.15) is 0 Å². The average Bonchev–Trinajstić information content (AvgIpc) is 2.40. The summed E-state index contributed by atoms with van der Waals surface area (Å²) in [7, 11) is 0. The van der Waals surface area contributed by atoms with E-state index in [0.29, 0.717) is 0 Å². The molecule has 0 spiro atoms. The first-order valence-electron chi connectivity index (χ1n) is 6.48. The van der Waals surface area contributed by atoms with E-state index in [2.05, 4.69) is 62.4 Å². The highest BCUT2D eigenvalue weighted by Gasteiger charge is 2.04. The third-order valence-electron chi connectivity index (χ3n) is 3.38. The van der Waals surface area contributed by atoms with Crippen LogP contribution >= 0.6 is 0 Å². The number of hydrogen-bond donors (Lipinski definition) is 0. The maximum Gasteiger partial charge on any atom is -0.00203 e. The van der Waals surface area contributed by atoms with E-state index in [1.54, 1.807) is 0 Å². The van der Waals surface area contributed by atoms with Crippen molar-refractivity contribution in [1.82, 2.24) is 0 Å². The molecule has 0 nitrogen and oxygen atoms in total. The summed E-state index contributed by atoms with van der Waals surface area (Å²) in [4.78, 5) is 0. The molecule has 0 aliphatic carbocycles. The second kappa shape index (κ2) is 5.67. The fourth-order valence-electron chi connectivity index (χ4n) is 2.35. The van der Waals surface area contributed by atoms with E-state index in [1.807, 2.05) is 0 Å². The number of rotatable bonds is 4. The van der Waals surface area contributed by atoms with Gasteiger partial charge >= 0.3 is 0 Å². The van der Waals surface area contributed by atoms with E-state index in [-0.39, 0.29) is 0 Å². The molecular formula is C17H20. The molecule has 0 saturated carbocycles. The fraction of sp³-hybridized carbons (Fsp3) is 0.294. The van der Waals surface area contributed by atoms with Gasteiger partial charge in [0.1, 0.15) is 0 Å². The van der Waals surface area contributed by atoms with Crippen LogP contribution in [0.15, 0.2) is 48.5 Å². The lowest BCUT2D eigenvalue weighted by molar-refractivity contribution is 1.02. The molecule has 2 aromatic rings. The highest BCUT2D eigenvalue weighted by Crippen LogP contribution is 2.18. The largest absolute Gasteiger partial charge is 0.0620 e. The Labute approximate surface area is 104 Å². The van der Waals surface area contributed by atoms with E-state index >= 15 is 0 Å². The summed E-state index contributed by atoms with van der Waals surface area (Å²) in [5.74, 6) is 0. The van der Waals surface area contributed by atoms with Crippen LogP contribution in [0.25, 0.3) is 0 Å². The van der Waals surface area contributed by atoms with E-state index in [9.17, 15) is 0 Å². The summed E-state index contributed by atoms with van der Waals surface area (Å²) in [5, 5.41) is 0. The average molecular weight is 224 g/mol. The second-order valence-electron chi connectivity index (χ2n) is 4.42. The lowest BCUT2D eigenvalue weighted by Crippen LogP contribution is -1.97. The zero-order chi connectivity index (χ0) is 12.1. The summed E-state index contributed by atoms with van der Waals surface area (Å²) in [6.45, 7) is 4.45. The van der Waals surface area contributed by atoms with Crippen LogP contribution < -0.4 is 0 Å². The maximum absolute atomic E-state index is 2.26. The molecule has 0 aliphatic heterocycles. The van der Waals surface area contributed by atoms with E-state index in [0.717, 1.165) is 19.3 Å². The molecule has 0 fully saturated rings. The normalized spacial score (nSPS) is 10.5. The topological polar surface area (TPSA) is 0 Å². The van der Waals surface area contributed by atoms with Crippen molar-refractivity contribution in [3.8, 4) is 0 Å². The van der Waals surface area contributed by atoms with Crippen molar-refractivity contribution in [2.24, 2.45) is 0 Å². The van der Waals surface area contributed by atoms with Gasteiger partial charge < -0.3 is 0 Å². The van der Waals surface area contributed by atoms with Crippen LogP contribution in [0.3, 0.4) is 0 Å². The molecule has 0 radical (unpaired) electrons. The minimum atomic E-state index is 1.06. The first-order chi connectivity index (χ1) is 8.35. The molecule has 0 bridgehead atoms. The van der Waals surface area contributed by atoms with Crippen molar-refractivity contribution < 1.29 is 0 Å². The summed E-state index contributed by atoms with van der Waals surface area (Å²) >= 11 is 0. The van der Waals surface area contributed by atoms with Crippen molar-refractivity contribution in [3.63, 3.8) is 0 Å². The molecule has 2 rings (SSSR count). The summed E-state index contributed by atoms with van der Waals surface area (Å²) < 4.78 is 0. The van der Waals surface area contributed by atoms with Crippen LogP contribution in [0.2, 0.25) is 0 Å². The third-order valence-corrected chi connectivity index (χ3v) is 3.38. The molecule has 0 atom stereocenters. The molecule has 0 aromatic heterocycles. The molecule has 0 heteroatoms. The van der Waals surface area contributed by atoms with Gasteiger partial charge in [-0.25, -0.2) is 0 Å². The Morgan fingerprint density at radius 1 is 0.588 bits per heavy atom. The van der Waals surface area contributed by atoms with Gasteiger partial charge in [-0.05, 0) is 41.5 Å². The predicted octanol–water partition coefficient (Wildman–Crippen LogP) is 4.40. The van der Waals surface area contributed by atoms with Gasteiger partial charge in [0.15, 0.2) is 0 Å². The Hall–Kier alpha value is -1.56. The van der Waals surface area contributed by atoms with Gasteiger partial charge in [0.05, 0.1) is 0 Å². The van der Waals surface area contributed by atoms with Gasteiger partial charge in [0.2, 0.25) is 0 Å². The maximum atomic E-state index is 2.26. The Kier molecular flexibility index (Phi) is 3.98. The van der Waals surface area contributed by atoms with E-state index in [1.165, 1.54) is 22.3 Å². The monoisotopic (exact) mass is 224 g/mol.